The Balaban J connectivity index is 1.72. The van der Waals surface area contributed by atoms with E-state index in [0.29, 0.717) is 12.1 Å². The molecule has 2 atom stereocenters. The molecule has 0 bridgehead atoms. The van der Waals surface area contributed by atoms with E-state index in [1.54, 1.807) is 12.1 Å². The van der Waals surface area contributed by atoms with Gasteiger partial charge in [0.15, 0.2) is 0 Å². The Kier molecular flexibility index (Phi) is 5.35. The summed E-state index contributed by atoms with van der Waals surface area (Å²) in [7, 11) is 0. The van der Waals surface area contributed by atoms with Crippen LogP contribution in [0.3, 0.4) is 0 Å². The fraction of sp³-hybridized carbons (Fsp3) is 0.625. The number of nitrogens with one attached hydrogen (secondary N) is 1. The van der Waals surface area contributed by atoms with Crippen LogP contribution < -0.4 is 10.1 Å². The highest BCUT2D eigenvalue weighted by Crippen LogP contribution is 2.32. The van der Waals surface area contributed by atoms with Crippen LogP contribution in [0, 0.1) is 5.92 Å². The van der Waals surface area contributed by atoms with Crippen LogP contribution in [0.1, 0.15) is 38.7 Å². The van der Waals surface area contributed by atoms with Crippen LogP contribution in [0.5, 0.6) is 5.75 Å². The first kappa shape index (κ1) is 15.2. The van der Waals surface area contributed by atoms with Gasteiger partial charge in [0.1, 0.15) is 5.75 Å². The van der Waals surface area contributed by atoms with Gasteiger partial charge in [-0.3, -0.25) is 0 Å². The average molecular weight is 283 g/mol. The first-order chi connectivity index (χ1) is 9.54. The molecule has 1 aliphatic rings. The molecule has 2 nitrogen and oxygen atoms in total. The van der Waals surface area contributed by atoms with E-state index in [2.05, 4.69) is 23.9 Å². The molecule has 0 radical (unpaired) electrons. The molecular weight excluding hydrogens is 260 g/mol. The van der Waals surface area contributed by atoms with E-state index >= 15 is 0 Å². The zero-order chi connectivity index (χ0) is 14.5. The topological polar surface area (TPSA) is 21.3 Å². The minimum Gasteiger partial charge on any atom is -0.435 e. The van der Waals surface area contributed by atoms with Crippen molar-refractivity contribution in [2.75, 3.05) is 0 Å². The lowest BCUT2D eigenvalue weighted by Crippen LogP contribution is -2.36. The summed E-state index contributed by atoms with van der Waals surface area (Å²) in [5.41, 5.74) is 1.15. The normalized spacial score (nSPS) is 18.1. The summed E-state index contributed by atoms with van der Waals surface area (Å²) in [6.07, 6.45) is 4.70. The van der Waals surface area contributed by atoms with Crippen LogP contribution in [0.25, 0.3) is 0 Å². The number of benzene rings is 1. The third-order valence-electron chi connectivity index (χ3n) is 3.89. The summed E-state index contributed by atoms with van der Waals surface area (Å²) >= 11 is 0. The van der Waals surface area contributed by atoms with Crippen molar-refractivity contribution in [3.8, 4) is 5.75 Å². The molecule has 1 aromatic rings. The maximum atomic E-state index is 12.0. The maximum absolute atomic E-state index is 12.0. The van der Waals surface area contributed by atoms with Crippen molar-refractivity contribution < 1.29 is 13.5 Å². The van der Waals surface area contributed by atoms with Crippen LogP contribution >= 0.6 is 0 Å². The zero-order valence-corrected chi connectivity index (χ0v) is 12.1. The standard InChI is InChI=1S/C16H23F2NO/c1-11(19-12(2)14-7-8-14)3-4-13-5-9-15(10-6-13)20-16(17)18/h5-6,9-12,14,16,19H,3-4,7-8H2,1-2H3. The average Bonchev–Trinajstić information content (AvgIpc) is 3.21. The van der Waals surface area contributed by atoms with Gasteiger partial charge < -0.3 is 10.1 Å². The quantitative estimate of drug-likeness (QED) is 0.778. The van der Waals surface area contributed by atoms with E-state index < -0.39 is 6.61 Å². The Morgan fingerprint density at radius 2 is 1.85 bits per heavy atom. The fourth-order valence-corrected chi connectivity index (χ4v) is 2.49. The van der Waals surface area contributed by atoms with Gasteiger partial charge in [0, 0.05) is 12.1 Å². The largest absolute Gasteiger partial charge is 0.435 e. The van der Waals surface area contributed by atoms with Crippen molar-refractivity contribution in [1.29, 1.82) is 0 Å². The highest BCUT2D eigenvalue weighted by molar-refractivity contribution is 5.27. The Hall–Kier alpha value is -1.16. The van der Waals surface area contributed by atoms with Crippen molar-refractivity contribution in [1.82, 2.24) is 5.32 Å². The second-order valence-electron chi connectivity index (χ2n) is 5.75. The number of ether oxygens (including phenoxy) is 1. The summed E-state index contributed by atoms with van der Waals surface area (Å²) in [5, 5.41) is 3.63. The van der Waals surface area contributed by atoms with Crippen LogP contribution in [0.2, 0.25) is 0 Å². The molecule has 0 aromatic heterocycles. The van der Waals surface area contributed by atoms with Crippen LogP contribution in [0.15, 0.2) is 24.3 Å². The number of halogens is 2. The van der Waals surface area contributed by atoms with E-state index in [1.807, 2.05) is 12.1 Å². The predicted octanol–water partition coefficient (Wildman–Crippen LogP) is 4.00. The van der Waals surface area contributed by atoms with E-state index in [-0.39, 0.29) is 5.75 Å². The number of hydrogen-bond acceptors (Lipinski definition) is 2. The number of hydrogen-bond donors (Lipinski definition) is 1. The molecule has 2 rings (SSSR count). The van der Waals surface area contributed by atoms with Crippen LogP contribution in [0.4, 0.5) is 8.78 Å². The Morgan fingerprint density at radius 1 is 1.20 bits per heavy atom. The lowest BCUT2D eigenvalue weighted by Gasteiger charge is -2.19. The number of alkyl halides is 2. The van der Waals surface area contributed by atoms with Gasteiger partial charge >= 0.3 is 6.61 Å². The Bertz CT molecular complexity index is 403. The molecule has 1 aromatic carbocycles. The molecule has 1 fully saturated rings. The molecule has 0 spiro atoms. The molecule has 0 saturated heterocycles. The molecule has 0 heterocycles. The van der Waals surface area contributed by atoms with Gasteiger partial charge in [-0.15, -0.1) is 0 Å². The maximum Gasteiger partial charge on any atom is 0.387 e. The summed E-state index contributed by atoms with van der Waals surface area (Å²) in [4.78, 5) is 0. The van der Waals surface area contributed by atoms with Crippen LogP contribution in [-0.4, -0.2) is 18.7 Å². The highest BCUT2D eigenvalue weighted by Gasteiger charge is 2.28. The Labute approximate surface area is 119 Å². The van der Waals surface area contributed by atoms with Crippen LogP contribution in [-0.2, 0) is 6.42 Å². The Morgan fingerprint density at radius 3 is 2.40 bits per heavy atom. The second kappa shape index (κ2) is 7.02. The van der Waals surface area contributed by atoms with Gasteiger partial charge in [0.2, 0.25) is 0 Å². The van der Waals surface area contributed by atoms with E-state index in [9.17, 15) is 8.78 Å². The van der Waals surface area contributed by atoms with E-state index in [1.165, 1.54) is 12.8 Å². The van der Waals surface area contributed by atoms with Crippen molar-refractivity contribution in [3.63, 3.8) is 0 Å². The lowest BCUT2D eigenvalue weighted by molar-refractivity contribution is -0.0498. The van der Waals surface area contributed by atoms with Crippen molar-refractivity contribution in [2.24, 2.45) is 5.92 Å². The van der Waals surface area contributed by atoms with Gasteiger partial charge in [-0.25, -0.2) is 0 Å². The zero-order valence-electron chi connectivity index (χ0n) is 12.1. The van der Waals surface area contributed by atoms with E-state index in [0.717, 1.165) is 24.3 Å². The molecule has 112 valence electrons. The SMILES string of the molecule is CC(CCc1ccc(OC(F)F)cc1)NC(C)C1CC1. The van der Waals surface area contributed by atoms with E-state index in [4.69, 9.17) is 0 Å². The molecule has 0 amide bonds. The predicted molar refractivity (Wildman–Crippen MR) is 76.2 cm³/mol. The summed E-state index contributed by atoms with van der Waals surface area (Å²) < 4.78 is 28.4. The van der Waals surface area contributed by atoms with Crippen molar-refractivity contribution in [2.45, 2.75) is 58.2 Å². The van der Waals surface area contributed by atoms with Gasteiger partial charge in [-0.1, -0.05) is 12.1 Å². The first-order valence-corrected chi connectivity index (χ1v) is 7.34. The lowest BCUT2D eigenvalue weighted by atomic mass is 10.0. The molecule has 1 aliphatic carbocycles. The van der Waals surface area contributed by atoms with Gasteiger partial charge in [0.05, 0.1) is 0 Å². The first-order valence-electron chi connectivity index (χ1n) is 7.34. The minimum absolute atomic E-state index is 0.220. The van der Waals surface area contributed by atoms with Crippen molar-refractivity contribution >= 4 is 0 Å². The third kappa shape index (κ3) is 5.08. The minimum atomic E-state index is -2.76. The molecule has 0 aliphatic heterocycles. The van der Waals surface area contributed by atoms with Crippen molar-refractivity contribution in [3.05, 3.63) is 29.8 Å². The van der Waals surface area contributed by atoms with Gasteiger partial charge in [-0.2, -0.15) is 8.78 Å². The smallest absolute Gasteiger partial charge is 0.387 e. The fourth-order valence-electron chi connectivity index (χ4n) is 2.49. The molecule has 1 N–H and O–H groups in total. The number of aryl methyl sites for hydroxylation is 1. The highest BCUT2D eigenvalue weighted by atomic mass is 19.3. The summed E-state index contributed by atoms with van der Waals surface area (Å²) in [6.45, 7) is 1.70. The molecular formula is C16H23F2NO. The second-order valence-corrected chi connectivity index (χ2v) is 5.75. The number of rotatable bonds is 8. The molecule has 1 saturated carbocycles. The third-order valence-corrected chi connectivity index (χ3v) is 3.89. The molecule has 2 unspecified atom stereocenters. The van der Waals surface area contributed by atoms with Gasteiger partial charge in [-0.05, 0) is 63.1 Å². The molecule has 4 heteroatoms. The summed E-state index contributed by atoms with van der Waals surface area (Å²) in [5.74, 6) is 1.08. The van der Waals surface area contributed by atoms with Gasteiger partial charge in [0.25, 0.3) is 0 Å². The molecule has 20 heavy (non-hydrogen) atoms. The monoisotopic (exact) mass is 283 g/mol. The summed E-state index contributed by atoms with van der Waals surface area (Å²) in [6, 6.07) is 8.00.